The molecule has 0 radical (unpaired) electrons. The van der Waals surface area contributed by atoms with Crippen molar-refractivity contribution in [2.75, 3.05) is 13.1 Å². The van der Waals surface area contributed by atoms with Crippen molar-refractivity contribution in [2.24, 2.45) is 17.6 Å². The molecule has 1 aliphatic carbocycles. The first-order valence-electron chi connectivity index (χ1n) is 7.07. The number of nitrogens with zero attached hydrogens (tertiary/aromatic N) is 1. The standard InChI is InChI=1S/C13H14F2NOP.C2H5NO/c14-13(15)18-11-3-1-8(2-4-11)12(17)16-6-9-5-10(9)7-16;1-2(3)4/h1-4,9-10,13,18H,5-7H2;1H3,(H2,3,4)/t9-,10+;. The van der Waals surface area contributed by atoms with E-state index in [0.29, 0.717) is 22.7 Å². The van der Waals surface area contributed by atoms with Crippen LogP contribution in [0.25, 0.3) is 0 Å². The molecular weight excluding hydrogens is 309 g/mol. The fourth-order valence-corrected chi connectivity index (χ4v) is 3.19. The van der Waals surface area contributed by atoms with Crippen molar-refractivity contribution >= 4 is 25.7 Å². The van der Waals surface area contributed by atoms with Gasteiger partial charge in [-0.05, 0) is 44.3 Å². The lowest BCUT2D eigenvalue weighted by atomic mass is 10.2. The van der Waals surface area contributed by atoms with Crippen LogP contribution < -0.4 is 11.0 Å². The minimum Gasteiger partial charge on any atom is -0.370 e. The molecule has 3 rings (SSSR count). The second-order valence-electron chi connectivity index (χ2n) is 5.60. The fraction of sp³-hybridized carbons (Fsp3) is 0.467. The van der Waals surface area contributed by atoms with Crippen molar-refractivity contribution in [3.63, 3.8) is 0 Å². The Morgan fingerprint density at radius 3 is 2.18 bits per heavy atom. The Morgan fingerprint density at radius 2 is 1.73 bits per heavy atom. The molecular formula is C15H19F2N2O2P. The zero-order valence-electron chi connectivity index (χ0n) is 12.3. The zero-order valence-corrected chi connectivity index (χ0v) is 13.3. The Bertz CT molecular complexity index is 537. The van der Waals surface area contributed by atoms with Crippen LogP contribution in [-0.4, -0.2) is 36.0 Å². The lowest BCUT2D eigenvalue weighted by molar-refractivity contribution is -0.115. The van der Waals surface area contributed by atoms with Crippen molar-refractivity contribution in [2.45, 2.75) is 19.5 Å². The van der Waals surface area contributed by atoms with E-state index in [4.69, 9.17) is 0 Å². The normalized spacial score (nSPS) is 22.5. The highest BCUT2D eigenvalue weighted by molar-refractivity contribution is 7.47. The Morgan fingerprint density at radius 1 is 1.23 bits per heavy atom. The van der Waals surface area contributed by atoms with E-state index in [1.165, 1.54) is 13.3 Å². The highest BCUT2D eigenvalue weighted by Crippen LogP contribution is 2.45. The van der Waals surface area contributed by atoms with Gasteiger partial charge in [-0.25, -0.2) is 8.78 Å². The average molecular weight is 328 g/mol. The number of amides is 2. The Hall–Kier alpha value is -1.55. The number of piperidine rings is 1. The molecule has 2 aliphatic rings. The molecule has 1 saturated carbocycles. The van der Waals surface area contributed by atoms with Gasteiger partial charge in [0.1, 0.15) is 0 Å². The first-order chi connectivity index (χ1) is 10.4. The molecule has 1 aromatic rings. The third-order valence-electron chi connectivity index (χ3n) is 3.67. The van der Waals surface area contributed by atoms with Gasteiger partial charge in [0.25, 0.3) is 12.1 Å². The molecule has 120 valence electrons. The van der Waals surface area contributed by atoms with Crippen LogP contribution in [0, 0.1) is 11.8 Å². The first kappa shape index (κ1) is 16.8. The molecule has 2 N–H and O–H groups in total. The number of alkyl halides is 2. The van der Waals surface area contributed by atoms with Gasteiger partial charge < -0.3 is 10.6 Å². The highest BCUT2D eigenvalue weighted by Gasteiger charge is 2.46. The lowest BCUT2D eigenvalue weighted by Crippen LogP contribution is -2.30. The summed E-state index contributed by atoms with van der Waals surface area (Å²) in [6, 6.07) is 6.59. The number of fused-ring (bicyclic) bond motifs is 1. The second kappa shape index (κ2) is 7.14. The molecule has 3 atom stereocenters. The molecule has 2 fully saturated rings. The monoisotopic (exact) mass is 328 g/mol. The number of primary amides is 1. The quantitative estimate of drug-likeness (QED) is 0.860. The van der Waals surface area contributed by atoms with Crippen LogP contribution in [0.4, 0.5) is 8.78 Å². The van der Waals surface area contributed by atoms with E-state index in [1.807, 2.05) is 4.90 Å². The zero-order chi connectivity index (χ0) is 16.3. The van der Waals surface area contributed by atoms with E-state index < -0.39 is 14.7 Å². The van der Waals surface area contributed by atoms with Crippen LogP contribution in [0.3, 0.4) is 0 Å². The van der Waals surface area contributed by atoms with Crippen molar-refractivity contribution in [1.29, 1.82) is 0 Å². The number of carbonyl (C=O) groups is 2. The van der Waals surface area contributed by atoms with Crippen molar-refractivity contribution < 1.29 is 18.4 Å². The summed E-state index contributed by atoms with van der Waals surface area (Å²) in [5, 5.41) is 0.603. The van der Waals surface area contributed by atoms with E-state index in [0.717, 1.165) is 13.1 Å². The van der Waals surface area contributed by atoms with E-state index >= 15 is 0 Å². The Labute approximate surface area is 129 Å². The van der Waals surface area contributed by atoms with E-state index in [2.05, 4.69) is 5.73 Å². The number of hydrogen-bond acceptors (Lipinski definition) is 2. The summed E-state index contributed by atoms with van der Waals surface area (Å²) >= 11 is 0. The summed E-state index contributed by atoms with van der Waals surface area (Å²) in [6.45, 7) is 3.04. The number of nitrogens with two attached hydrogens (primary N) is 1. The molecule has 1 saturated heterocycles. The molecule has 0 aromatic heterocycles. The van der Waals surface area contributed by atoms with E-state index in [-0.39, 0.29) is 11.8 Å². The molecule has 1 aliphatic heterocycles. The van der Waals surface area contributed by atoms with E-state index in [1.54, 1.807) is 24.3 Å². The summed E-state index contributed by atoms with van der Waals surface area (Å²) in [7, 11) is -0.497. The van der Waals surface area contributed by atoms with Crippen LogP contribution in [-0.2, 0) is 4.79 Å². The lowest BCUT2D eigenvalue weighted by Gasteiger charge is -2.18. The third kappa shape index (κ3) is 4.73. The maximum atomic E-state index is 12.2. The molecule has 22 heavy (non-hydrogen) atoms. The van der Waals surface area contributed by atoms with Gasteiger partial charge in [-0.2, -0.15) is 0 Å². The molecule has 1 aromatic carbocycles. The average Bonchev–Trinajstić information content (AvgIpc) is 3.04. The second-order valence-corrected chi connectivity index (χ2v) is 6.90. The summed E-state index contributed by atoms with van der Waals surface area (Å²) in [4.78, 5) is 23.2. The van der Waals surface area contributed by atoms with Gasteiger partial charge in [-0.1, -0.05) is 12.1 Å². The number of carbonyl (C=O) groups excluding carboxylic acids is 2. The van der Waals surface area contributed by atoms with E-state index in [9.17, 15) is 18.4 Å². The van der Waals surface area contributed by atoms with Gasteiger partial charge in [-0.15, -0.1) is 0 Å². The predicted octanol–water partition coefficient (Wildman–Crippen LogP) is 1.80. The van der Waals surface area contributed by atoms with Gasteiger partial charge in [0, 0.05) is 25.6 Å². The van der Waals surface area contributed by atoms with Gasteiger partial charge in [-0.3, -0.25) is 9.59 Å². The summed E-state index contributed by atoms with van der Waals surface area (Å²) in [5.41, 5.74) is 5.08. The van der Waals surface area contributed by atoms with Crippen molar-refractivity contribution in [1.82, 2.24) is 4.90 Å². The summed E-state index contributed by atoms with van der Waals surface area (Å²) < 4.78 is 24.4. The Balaban J connectivity index is 0.000000396. The van der Waals surface area contributed by atoms with Crippen LogP contribution in [0.15, 0.2) is 24.3 Å². The maximum absolute atomic E-state index is 12.2. The third-order valence-corrected chi connectivity index (χ3v) is 4.56. The highest BCUT2D eigenvalue weighted by atomic mass is 31.1. The van der Waals surface area contributed by atoms with Gasteiger partial charge >= 0.3 is 0 Å². The van der Waals surface area contributed by atoms with Gasteiger partial charge in [0.2, 0.25) is 5.91 Å². The SMILES string of the molecule is CC(N)=O.O=C(c1ccc(PC(F)F)cc1)N1C[C@H]2C[C@H]2C1. The number of rotatable bonds is 3. The molecule has 4 nitrogen and oxygen atoms in total. The Kier molecular flexibility index (Phi) is 5.46. The summed E-state index contributed by atoms with van der Waals surface area (Å²) in [6.07, 6.45) is -1.05. The molecule has 1 heterocycles. The molecule has 0 bridgehead atoms. The first-order valence-corrected chi connectivity index (χ1v) is 8.14. The van der Waals surface area contributed by atoms with Crippen LogP contribution in [0.1, 0.15) is 23.7 Å². The predicted molar refractivity (Wildman–Crippen MR) is 82.8 cm³/mol. The molecule has 1 unspecified atom stereocenters. The fourth-order valence-electron chi connectivity index (χ4n) is 2.58. The molecule has 0 spiro atoms. The minimum atomic E-state index is -2.31. The van der Waals surface area contributed by atoms with Crippen LogP contribution in [0.2, 0.25) is 0 Å². The minimum absolute atomic E-state index is 0.0362. The molecule has 2 amide bonds. The van der Waals surface area contributed by atoms with Gasteiger partial charge in [0.05, 0.1) is 0 Å². The number of likely N-dealkylation sites (tertiary alicyclic amines) is 1. The smallest absolute Gasteiger partial charge is 0.256 e. The van der Waals surface area contributed by atoms with Crippen LogP contribution >= 0.6 is 8.58 Å². The van der Waals surface area contributed by atoms with Crippen LogP contribution in [0.5, 0.6) is 0 Å². The molecule has 7 heteroatoms. The maximum Gasteiger partial charge on any atom is 0.256 e. The topological polar surface area (TPSA) is 63.4 Å². The van der Waals surface area contributed by atoms with Crippen molar-refractivity contribution in [3.05, 3.63) is 29.8 Å². The number of benzene rings is 1. The number of halogens is 2. The summed E-state index contributed by atoms with van der Waals surface area (Å²) in [5.74, 6) is 1.14. The van der Waals surface area contributed by atoms with Gasteiger partial charge in [0.15, 0.2) is 0 Å². The number of hydrogen-bond donors (Lipinski definition) is 1. The largest absolute Gasteiger partial charge is 0.370 e. The van der Waals surface area contributed by atoms with Crippen molar-refractivity contribution in [3.8, 4) is 0 Å².